The second-order valence-corrected chi connectivity index (χ2v) is 5.51. The van der Waals surface area contributed by atoms with Crippen molar-refractivity contribution in [3.63, 3.8) is 0 Å². The number of benzene rings is 1. The molecule has 0 saturated heterocycles. The number of aryl methyl sites for hydroxylation is 2. The van der Waals surface area contributed by atoms with E-state index in [-0.39, 0.29) is 23.5 Å². The molecule has 1 amide bonds. The number of carbonyl (C=O) groups excluding carboxylic acids is 1. The second-order valence-electron chi connectivity index (χ2n) is 5.51. The van der Waals surface area contributed by atoms with Gasteiger partial charge in [0.15, 0.2) is 5.89 Å². The predicted octanol–water partition coefficient (Wildman–Crippen LogP) is 3.11. The summed E-state index contributed by atoms with van der Waals surface area (Å²) in [5.41, 5.74) is 1.39. The van der Waals surface area contributed by atoms with E-state index in [2.05, 4.69) is 4.98 Å². The van der Waals surface area contributed by atoms with Crippen LogP contribution in [-0.4, -0.2) is 35.5 Å². The van der Waals surface area contributed by atoms with Crippen molar-refractivity contribution in [2.45, 2.75) is 33.4 Å². The molecule has 0 spiro atoms. The van der Waals surface area contributed by atoms with E-state index in [1.807, 2.05) is 6.92 Å². The zero-order valence-corrected chi connectivity index (χ0v) is 13.8. The minimum absolute atomic E-state index is 0.164. The molecule has 0 N–H and O–H groups in total. The number of amides is 1. The van der Waals surface area contributed by atoms with Gasteiger partial charge in [-0.05, 0) is 31.5 Å². The van der Waals surface area contributed by atoms with Crippen LogP contribution in [0.2, 0.25) is 0 Å². The second kappa shape index (κ2) is 7.37. The molecule has 0 radical (unpaired) electrons. The van der Waals surface area contributed by atoms with Gasteiger partial charge in [-0.25, -0.2) is 9.37 Å². The molecular weight excluding hydrogens is 299 g/mol. The third kappa shape index (κ3) is 4.16. The first kappa shape index (κ1) is 17.1. The molecule has 0 saturated carbocycles. The Bertz CT molecular complexity index is 667. The molecule has 0 aliphatic heterocycles. The molecule has 1 aromatic heterocycles. The maximum absolute atomic E-state index is 13.1. The number of oxazole rings is 1. The Balaban J connectivity index is 2.28. The van der Waals surface area contributed by atoms with Crippen molar-refractivity contribution in [2.24, 2.45) is 0 Å². The Morgan fingerprint density at radius 3 is 2.52 bits per heavy atom. The zero-order chi connectivity index (χ0) is 17.0. The molecule has 0 aliphatic rings. The molecule has 1 atom stereocenters. The van der Waals surface area contributed by atoms with Crippen molar-refractivity contribution in [1.82, 2.24) is 9.88 Å². The topological polar surface area (TPSA) is 55.6 Å². The molecule has 2 rings (SSSR count). The lowest BCUT2D eigenvalue weighted by atomic mass is 10.1. The molecule has 6 heteroatoms. The van der Waals surface area contributed by atoms with Crippen LogP contribution in [0.15, 0.2) is 28.7 Å². The van der Waals surface area contributed by atoms with Crippen molar-refractivity contribution < 1.29 is 18.3 Å². The zero-order valence-electron chi connectivity index (χ0n) is 13.8. The van der Waals surface area contributed by atoms with Crippen LogP contribution < -0.4 is 0 Å². The average Bonchev–Trinajstić information content (AvgIpc) is 2.85. The third-order valence-electron chi connectivity index (χ3n) is 3.56. The predicted molar refractivity (Wildman–Crippen MR) is 83.6 cm³/mol. The van der Waals surface area contributed by atoms with Crippen molar-refractivity contribution in [3.05, 3.63) is 53.0 Å². The molecular formula is C17H21FN2O3. The smallest absolute Gasteiger partial charge is 0.292 e. The van der Waals surface area contributed by atoms with E-state index in [1.54, 1.807) is 38.0 Å². The summed E-state index contributed by atoms with van der Waals surface area (Å²) >= 11 is 0. The third-order valence-corrected chi connectivity index (χ3v) is 3.56. The van der Waals surface area contributed by atoms with Gasteiger partial charge in [0, 0.05) is 20.6 Å². The van der Waals surface area contributed by atoms with Gasteiger partial charge in [-0.1, -0.05) is 12.1 Å². The number of carbonyl (C=O) groups is 1. The van der Waals surface area contributed by atoms with E-state index in [0.717, 1.165) is 5.56 Å². The van der Waals surface area contributed by atoms with Crippen LogP contribution in [0, 0.1) is 19.7 Å². The minimum atomic E-state index is -0.307. The molecule has 0 aliphatic carbocycles. The van der Waals surface area contributed by atoms with Crippen LogP contribution >= 0.6 is 0 Å². The van der Waals surface area contributed by atoms with Gasteiger partial charge in [-0.15, -0.1) is 0 Å². The number of aromatic nitrogens is 1. The van der Waals surface area contributed by atoms with E-state index in [0.29, 0.717) is 24.7 Å². The Labute approximate surface area is 135 Å². The van der Waals surface area contributed by atoms with Crippen molar-refractivity contribution in [1.29, 1.82) is 0 Å². The largest absolute Gasteiger partial charge is 0.436 e. The molecule has 2 aromatic rings. The number of halogens is 1. The number of rotatable bonds is 6. The summed E-state index contributed by atoms with van der Waals surface area (Å²) in [5.74, 6) is 0.120. The first-order valence-electron chi connectivity index (χ1n) is 7.40. The number of methoxy groups -OCH3 is 1. The maximum Gasteiger partial charge on any atom is 0.292 e. The Morgan fingerprint density at radius 1 is 1.35 bits per heavy atom. The van der Waals surface area contributed by atoms with Crippen LogP contribution in [0.5, 0.6) is 0 Å². The maximum atomic E-state index is 13.1. The number of hydrogen-bond acceptors (Lipinski definition) is 4. The summed E-state index contributed by atoms with van der Waals surface area (Å²) < 4.78 is 23.7. The van der Waals surface area contributed by atoms with Crippen LogP contribution in [0.4, 0.5) is 4.39 Å². The van der Waals surface area contributed by atoms with Gasteiger partial charge in [-0.2, -0.15) is 0 Å². The van der Waals surface area contributed by atoms with E-state index in [4.69, 9.17) is 9.15 Å². The van der Waals surface area contributed by atoms with Crippen LogP contribution in [0.3, 0.4) is 0 Å². The molecule has 1 heterocycles. The van der Waals surface area contributed by atoms with Gasteiger partial charge in [0.1, 0.15) is 5.82 Å². The van der Waals surface area contributed by atoms with Crippen LogP contribution in [0.1, 0.15) is 34.6 Å². The van der Waals surface area contributed by atoms with E-state index < -0.39 is 0 Å². The highest BCUT2D eigenvalue weighted by molar-refractivity contribution is 5.92. The van der Waals surface area contributed by atoms with Crippen molar-refractivity contribution >= 4 is 5.91 Å². The van der Waals surface area contributed by atoms with Gasteiger partial charge in [0.25, 0.3) is 5.91 Å². The average molecular weight is 320 g/mol. The van der Waals surface area contributed by atoms with E-state index in [1.165, 1.54) is 12.1 Å². The monoisotopic (exact) mass is 320 g/mol. The first-order chi connectivity index (χ1) is 10.9. The highest BCUT2D eigenvalue weighted by Gasteiger charge is 2.26. The Hall–Kier alpha value is -2.21. The lowest BCUT2D eigenvalue weighted by molar-refractivity contribution is 0.0510. The fourth-order valence-corrected chi connectivity index (χ4v) is 2.41. The molecule has 1 unspecified atom stereocenters. The highest BCUT2D eigenvalue weighted by Crippen LogP contribution is 2.17. The fraction of sp³-hybridized carbons (Fsp3) is 0.412. The quantitative estimate of drug-likeness (QED) is 0.820. The van der Waals surface area contributed by atoms with E-state index >= 15 is 0 Å². The molecule has 23 heavy (non-hydrogen) atoms. The minimum Gasteiger partial charge on any atom is -0.436 e. The number of nitrogens with zero attached hydrogens (tertiary/aromatic N) is 2. The number of ether oxygens (including phenoxy) is 1. The summed E-state index contributed by atoms with van der Waals surface area (Å²) in [4.78, 5) is 18.6. The molecule has 0 bridgehead atoms. The number of hydrogen-bond donors (Lipinski definition) is 0. The summed E-state index contributed by atoms with van der Waals surface area (Å²) in [5, 5.41) is 0. The fourth-order valence-electron chi connectivity index (χ4n) is 2.41. The van der Waals surface area contributed by atoms with Crippen molar-refractivity contribution in [2.75, 3.05) is 13.7 Å². The Kier molecular flexibility index (Phi) is 5.50. The van der Waals surface area contributed by atoms with Gasteiger partial charge in [0.05, 0.1) is 18.3 Å². The first-order valence-corrected chi connectivity index (χ1v) is 7.40. The summed E-state index contributed by atoms with van der Waals surface area (Å²) in [6.07, 6.45) is 0. The van der Waals surface area contributed by atoms with Gasteiger partial charge in [-0.3, -0.25) is 4.79 Å². The molecule has 1 aromatic carbocycles. The van der Waals surface area contributed by atoms with Gasteiger partial charge in [0.2, 0.25) is 5.76 Å². The SMILES string of the molecule is COCC(C)N(Cc1ccc(F)cc1)C(=O)c1oc(C)nc1C. The normalized spacial score (nSPS) is 12.2. The summed E-state index contributed by atoms with van der Waals surface area (Å²) in [6, 6.07) is 5.91. The van der Waals surface area contributed by atoms with Gasteiger partial charge < -0.3 is 14.1 Å². The van der Waals surface area contributed by atoms with E-state index in [9.17, 15) is 9.18 Å². The Morgan fingerprint density at radius 2 is 2.00 bits per heavy atom. The summed E-state index contributed by atoms with van der Waals surface area (Å²) in [6.45, 7) is 6.05. The molecule has 0 fully saturated rings. The lowest BCUT2D eigenvalue weighted by Crippen LogP contribution is -2.40. The van der Waals surface area contributed by atoms with Crippen LogP contribution in [-0.2, 0) is 11.3 Å². The molecule has 5 nitrogen and oxygen atoms in total. The molecule has 124 valence electrons. The standard InChI is InChI=1S/C17H21FN2O3/c1-11(10-22-4)20(9-14-5-7-15(18)8-6-14)17(21)16-12(2)19-13(3)23-16/h5-8,11H,9-10H2,1-4H3. The highest BCUT2D eigenvalue weighted by atomic mass is 19.1. The summed E-state index contributed by atoms with van der Waals surface area (Å²) in [7, 11) is 1.58. The lowest BCUT2D eigenvalue weighted by Gasteiger charge is -2.28. The van der Waals surface area contributed by atoms with Crippen molar-refractivity contribution in [3.8, 4) is 0 Å². The van der Waals surface area contributed by atoms with Gasteiger partial charge >= 0.3 is 0 Å². The van der Waals surface area contributed by atoms with Crippen LogP contribution in [0.25, 0.3) is 0 Å².